The molecule has 10 heteroatoms. The lowest BCUT2D eigenvalue weighted by Gasteiger charge is -2.11. The lowest BCUT2D eigenvalue weighted by atomic mass is 10.2. The van der Waals surface area contributed by atoms with Crippen LogP contribution in [0.15, 0.2) is 101 Å². The van der Waals surface area contributed by atoms with E-state index in [1.165, 1.54) is 13.3 Å². The van der Waals surface area contributed by atoms with Gasteiger partial charge in [0.15, 0.2) is 23.9 Å². The third-order valence-electron chi connectivity index (χ3n) is 6.89. The predicted molar refractivity (Wildman–Crippen MR) is 172 cm³/mol. The molecular formula is C35H34N4O6. The van der Waals surface area contributed by atoms with Crippen molar-refractivity contribution in [2.75, 3.05) is 19.0 Å². The normalized spacial score (nSPS) is 10.9. The summed E-state index contributed by atoms with van der Waals surface area (Å²) >= 11 is 0. The van der Waals surface area contributed by atoms with E-state index in [1.54, 1.807) is 30.3 Å². The van der Waals surface area contributed by atoms with Gasteiger partial charge in [0.2, 0.25) is 0 Å². The molecule has 0 aliphatic rings. The van der Waals surface area contributed by atoms with Gasteiger partial charge in [-0.05, 0) is 105 Å². The average Bonchev–Trinajstić information content (AvgIpc) is 3.66. The van der Waals surface area contributed by atoms with Gasteiger partial charge in [0.25, 0.3) is 5.91 Å². The van der Waals surface area contributed by atoms with Crippen LogP contribution in [-0.2, 0) is 11.4 Å². The number of amides is 2. The second-order valence-corrected chi connectivity index (χ2v) is 10.3. The molecule has 0 spiro atoms. The van der Waals surface area contributed by atoms with Crippen LogP contribution in [0.25, 0.3) is 5.69 Å². The number of hydrazone groups is 1. The number of hydrogen-bond acceptors (Lipinski definition) is 7. The van der Waals surface area contributed by atoms with Crippen LogP contribution in [0.5, 0.6) is 17.2 Å². The fourth-order valence-corrected chi connectivity index (χ4v) is 4.58. The van der Waals surface area contributed by atoms with Crippen molar-refractivity contribution in [3.05, 3.63) is 125 Å². The summed E-state index contributed by atoms with van der Waals surface area (Å²) < 4.78 is 24.7. The minimum atomic E-state index is -0.508. The molecule has 0 atom stereocenters. The largest absolute Gasteiger partial charge is 0.493 e. The predicted octanol–water partition coefficient (Wildman–Crippen LogP) is 6.36. The first kappa shape index (κ1) is 30.7. The minimum Gasteiger partial charge on any atom is -0.493 e. The van der Waals surface area contributed by atoms with E-state index in [0.717, 1.165) is 22.6 Å². The van der Waals surface area contributed by atoms with Crippen molar-refractivity contribution in [3.8, 4) is 22.9 Å². The Morgan fingerprint density at radius 1 is 0.844 bits per heavy atom. The van der Waals surface area contributed by atoms with Crippen molar-refractivity contribution in [3.63, 3.8) is 0 Å². The van der Waals surface area contributed by atoms with Crippen LogP contribution < -0.4 is 25.0 Å². The number of carbonyl (C=O) groups excluding carboxylic acids is 2. The van der Waals surface area contributed by atoms with Crippen molar-refractivity contribution in [1.29, 1.82) is 0 Å². The zero-order chi connectivity index (χ0) is 31.8. The molecule has 2 N–H and O–H groups in total. The highest BCUT2D eigenvalue weighted by molar-refractivity contribution is 5.93. The lowest BCUT2D eigenvalue weighted by Crippen LogP contribution is -2.20. The molecule has 0 aliphatic carbocycles. The minimum absolute atomic E-state index is 0.102. The van der Waals surface area contributed by atoms with Crippen LogP contribution in [-0.4, -0.2) is 36.3 Å². The summed E-state index contributed by atoms with van der Waals surface area (Å²) in [6, 6.07) is 27.8. The van der Waals surface area contributed by atoms with Crippen molar-refractivity contribution < 1.29 is 28.2 Å². The SMILES string of the molecule is COc1cc(C=NNC(=O)c2ccc(COc3ccc(-n4c(C)ccc4C)cc3)o2)ccc1OCC(=O)Nc1ccc(C)cc1. The van der Waals surface area contributed by atoms with E-state index in [9.17, 15) is 9.59 Å². The summed E-state index contributed by atoms with van der Waals surface area (Å²) in [5.74, 6) is 1.28. The van der Waals surface area contributed by atoms with E-state index in [1.807, 2.05) is 55.5 Å². The number of nitrogens with one attached hydrogen (secondary N) is 2. The Morgan fingerprint density at radius 2 is 1.58 bits per heavy atom. The Bertz CT molecular complexity index is 1780. The van der Waals surface area contributed by atoms with Crippen LogP contribution in [0.3, 0.4) is 0 Å². The van der Waals surface area contributed by atoms with Crippen LogP contribution in [0.2, 0.25) is 0 Å². The molecule has 0 fully saturated rings. The standard InChI is InChI=1S/C35H34N4O6/c1-23-5-10-27(11-6-23)37-34(40)22-44-31-17-9-26(19-33(31)42-4)20-36-38-35(41)32-18-16-30(45-32)21-43-29-14-12-28(13-15-29)39-24(2)7-8-25(39)3/h5-20H,21-22H2,1-4H3,(H,37,40)(H,38,41). The highest BCUT2D eigenvalue weighted by atomic mass is 16.5. The zero-order valence-corrected chi connectivity index (χ0v) is 25.5. The molecule has 0 unspecified atom stereocenters. The van der Waals surface area contributed by atoms with Gasteiger partial charge in [-0.15, -0.1) is 0 Å². The number of aromatic nitrogens is 1. The van der Waals surface area contributed by atoms with Crippen molar-refractivity contribution in [2.24, 2.45) is 5.10 Å². The molecule has 2 heterocycles. The Labute approximate surface area is 261 Å². The number of ether oxygens (including phenoxy) is 3. The molecular weight excluding hydrogens is 572 g/mol. The van der Waals surface area contributed by atoms with Gasteiger partial charge in [-0.1, -0.05) is 17.7 Å². The molecule has 0 aliphatic heterocycles. The molecule has 45 heavy (non-hydrogen) atoms. The molecule has 10 nitrogen and oxygen atoms in total. The third kappa shape index (κ3) is 7.99. The first-order valence-electron chi connectivity index (χ1n) is 14.3. The summed E-state index contributed by atoms with van der Waals surface area (Å²) in [7, 11) is 1.50. The molecule has 0 saturated heterocycles. The second-order valence-electron chi connectivity index (χ2n) is 10.3. The maximum absolute atomic E-state index is 12.6. The van der Waals surface area contributed by atoms with E-state index >= 15 is 0 Å². The van der Waals surface area contributed by atoms with E-state index < -0.39 is 5.91 Å². The van der Waals surface area contributed by atoms with Gasteiger partial charge in [-0.25, -0.2) is 5.43 Å². The molecule has 2 aromatic heterocycles. The van der Waals surface area contributed by atoms with Gasteiger partial charge in [0.1, 0.15) is 18.1 Å². The summed E-state index contributed by atoms with van der Waals surface area (Å²) in [4.78, 5) is 24.8. The molecule has 5 rings (SSSR count). The van der Waals surface area contributed by atoms with E-state index in [4.69, 9.17) is 18.6 Å². The monoisotopic (exact) mass is 606 g/mol. The Morgan fingerprint density at radius 3 is 2.29 bits per heavy atom. The number of furan rings is 1. The van der Waals surface area contributed by atoms with Crippen molar-refractivity contribution >= 4 is 23.7 Å². The summed E-state index contributed by atoms with van der Waals surface area (Å²) in [5.41, 5.74) is 8.26. The zero-order valence-electron chi connectivity index (χ0n) is 25.5. The summed E-state index contributed by atoms with van der Waals surface area (Å²) in [6.45, 7) is 6.08. The van der Waals surface area contributed by atoms with E-state index in [-0.39, 0.29) is 24.9 Å². The van der Waals surface area contributed by atoms with Gasteiger partial charge < -0.3 is 28.5 Å². The number of rotatable bonds is 12. The fraction of sp³-hybridized carbons (Fsp3) is 0.171. The fourth-order valence-electron chi connectivity index (χ4n) is 4.58. The smallest absolute Gasteiger partial charge is 0.307 e. The number of carbonyl (C=O) groups is 2. The van der Waals surface area contributed by atoms with Crippen LogP contribution >= 0.6 is 0 Å². The maximum Gasteiger partial charge on any atom is 0.307 e. The molecule has 2 amide bonds. The molecule has 0 bridgehead atoms. The van der Waals surface area contributed by atoms with Gasteiger partial charge in [0, 0.05) is 22.8 Å². The maximum atomic E-state index is 12.6. The first-order valence-corrected chi connectivity index (χ1v) is 14.3. The van der Waals surface area contributed by atoms with Gasteiger partial charge in [-0.3, -0.25) is 9.59 Å². The Kier molecular flexibility index (Phi) is 9.64. The van der Waals surface area contributed by atoms with E-state index in [2.05, 4.69) is 46.4 Å². The number of anilines is 1. The van der Waals surface area contributed by atoms with E-state index in [0.29, 0.717) is 34.3 Å². The molecule has 0 radical (unpaired) electrons. The number of methoxy groups -OCH3 is 1. The summed E-state index contributed by atoms with van der Waals surface area (Å²) in [5, 5.41) is 6.80. The lowest BCUT2D eigenvalue weighted by molar-refractivity contribution is -0.118. The first-order chi connectivity index (χ1) is 21.8. The molecule has 3 aromatic carbocycles. The highest BCUT2D eigenvalue weighted by Gasteiger charge is 2.12. The number of benzene rings is 3. The second kappa shape index (κ2) is 14.1. The Hall–Kier alpha value is -5.77. The van der Waals surface area contributed by atoms with Gasteiger partial charge >= 0.3 is 5.91 Å². The summed E-state index contributed by atoms with van der Waals surface area (Å²) in [6.07, 6.45) is 1.46. The number of aryl methyl sites for hydroxylation is 3. The van der Waals surface area contributed by atoms with Gasteiger partial charge in [-0.2, -0.15) is 5.10 Å². The molecule has 0 saturated carbocycles. The number of hydrogen-bond donors (Lipinski definition) is 2. The highest BCUT2D eigenvalue weighted by Crippen LogP contribution is 2.27. The van der Waals surface area contributed by atoms with Crippen molar-refractivity contribution in [1.82, 2.24) is 9.99 Å². The van der Waals surface area contributed by atoms with Crippen LogP contribution in [0, 0.1) is 20.8 Å². The Balaban J connectivity index is 1.09. The number of nitrogens with zero attached hydrogens (tertiary/aromatic N) is 2. The van der Waals surface area contributed by atoms with Crippen LogP contribution in [0.1, 0.15) is 38.8 Å². The third-order valence-corrected chi connectivity index (χ3v) is 6.89. The van der Waals surface area contributed by atoms with Crippen LogP contribution in [0.4, 0.5) is 5.69 Å². The topological polar surface area (TPSA) is 116 Å². The van der Waals surface area contributed by atoms with Crippen molar-refractivity contribution in [2.45, 2.75) is 27.4 Å². The average molecular weight is 607 g/mol. The van der Waals surface area contributed by atoms with Gasteiger partial charge in [0.05, 0.1) is 13.3 Å². The molecule has 230 valence electrons. The quantitative estimate of drug-likeness (QED) is 0.126. The molecule has 5 aromatic rings.